The van der Waals surface area contributed by atoms with Gasteiger partial charge in [0.1, 0.15) is 5.75 Å². The van der Waals surface area contributed by atoms with Gasteiger partial charge in [-0.05, 0) is 49.6 Å². The summed E-state index contributed by atoms with van der Waals surface area (Å²) < 4.78 is 6.69. The molecule has 0 amide bonds. The second-order valence-corrected chi connectivity index (χ2v) is 5.79. The Balaban J connectivity index is 2.11. The molecule has 20 heavy (non-hydrogen) atoms. The van der Waals surface area contributed by atoms with Crippen molar-refractivity contribution in [3.63, 3.8) is 0 Å². The van der Waals surface area contributed by atoms with E-state index in [-0.39, 0.29) is 12.4 Å². The lowest BCUT2D eigenvalue weighted by molar-refractivity contribution is 0.0920. The first-order chi connectivity index (χ1) is 9.49. The smallest absolute Gasteiger partial charge is 0.200 e. The summed E-state index contributed by atoms with van der Waals surface area (Å²) in [5.74, 6) is 0.799. The van der Waals surface area contributed by atoms with Crippen LogP contribution < -0.4 is 4.74 Å². The largest absolute Gasteiger partial charge is 0.485 e. The Kier molecular flexibility index (Phi) is 4.61. The Morgan fingerprint density at radius 3 is 2.25 bits per heavy atom. The molecule has 0 aliphatic carbocycles. The Morgan fingerprint density at radius 2 is 1.60 bits per heavy atom. The topological polar surface area (TPSA) is 26.3 Å². The zero-order chi connectivity index (χ0) is 14.7. The molecule has 2 nitrogen and oxygen atoms in total. The average molecular weight is 333 g/mol. The van der Waals surface area contributed by atoms with Gasteiger partial charge in [0.2, 0.25) is 0 Å². The van der Waals surface area contributed by atoms with Gasteiger partial charge in [-0.15, -0.1) is 0 Å². The number of benzene rings is 2. The molecule has 0 radical (unpaired) electrons. The maximum absolute atomic E-state index is 12.1. The number of carbonyl (C=O) groups excluding carboxylic acids is 1. The fourth-order valence-electron chi connectivity index (χ4n) is 2.00. The fraction of sp³-hybridized carbons (Fsp3) is 0.235. The van der Waals surface area contributed by atoms with Gasteiger partial charge < -0.3 is 4.74 Å². The minimum atomic E-state index is -0.0159. The van der Waals surface area contributed by atoms with Crippen LogP contribution in [0.25, 0.3) is 0 Å². The lowest BCUT2D eigenvalue weighted by Gasteiger charge is -2.13. The van der Waals surface area contributed by atoms with Gasteiger partial charge in [0, 0.05) is 10.0 Å². The van der Waals surface area contributed by atoms with Crippen LogP contribution in [0.2, 0.25) is 0 Å². The van der Waals surface area contributed by atoms with Crippen LogP contribution in [-0.4, -0.2) is 12.4 Å². The molecule has 0 spiro atoms. The number of hydrogen-bond donors (Lipinski definition) is 0. The number of ether oxygens (including phenoxy) is 1. The van der Waals surface area contributed by atoms with Crippen LogP contribution in [-0.2, 0) is 0 Å². The molecule has 0 N–H and O–H groups in total. The van der Waals surface area contributed by atoms with Crippen molar-refractivity contribution < 1.29 is 9.53 Å². The molecule has 0 heterocycles. The van der Waals surface area contributed by atoms with Gasteiger partial charge >= 0.3 is 0 Å². The van der Waals surface area contributed by atoms with Crippen molar-refractivity contribution in [2.24, 2.45) is 0 Å². The number of hydrogen-bond acceptors (Lipinski definition) is 2. The third-order valence-electron chi connectivity index (χ3n) is 3.39. The first kappa shape index (κ1) is 14.8. The molecule has 0 aliphatic heterocycles. The molecule has 0 aliphatic rings. The number of halogens is 1. The van der Waals surface area contributed by atoms with Gasteiger partial charge in [-0.1, -0.05) is 40.2 Å². The highest BCUT2D eigenvalue weighted by Crippen LogP contribution is 2.25. The van der Waals surface area contributed by atoms with Crippen LogP contribution in [0.1, 0.15) is 27.0 Å². The first-order valence-electron chi connectivity index (χ1n) is 6.47. The Bertz CT molecular complexity index is 630. The van der Waals surface area contributed by atoms with Gasteiger partial charge in [-0.2, -0.15) is 0 Å². The molecule has 0 atom stereocenters. The molecule has 0 fully saturated rings. The highest BCUT2D eigenvalue weighted by molar-refractivity contribution is 9.10. The molecule has 104 valence electrons. The van der Waals surface area contributed by atoms with E-state index in [2.05, 4.69) is 22.0 Å². The summed E-state index contributed by atoms with van der Waals surface area (Å²) in [7, 11) is 0. The SMILES string of the molecule is Cc1ccc(C)c(OCC(=O)c2ccc(Br)cc2)c1C. The van der Waals surface area contributed by atoms with E-state index >= 15 is 0 Å². The second kappa shape index (κ2) is 6.23. The van der Waals surface area contributed by atoms with E-state index < -0.39 is 0 Å². The summed E-state index contributed by atoms with van der Waals surface area (Å²) in [4.78, 5) is 12.1. The summed E-state index contributed by atoms with van der Waals surface area (Å²) in [6, 6.07) is 11.4. The number of aryl methyl sites for hydroxylation is 2. The molecule has 0 bridgehead atoms. The van der Waals surface area contributed by atoms with Crippen molar-refractivity contribution in [1.29, 1.82) is 0 Å². The van der Waals surface area contributed by atoms with Gasteiger partial charge in [0.05, 0.1) is 0 Å². The molecule has 0 aromatic heterocycles. The second-order valence-electron chi connectivity index (χ2n) is 4.87. The van der Waals surface area contributed by atoms with Crippen molar-refractivity contribution in [3.8, 4) is 5.75 Å². The minimum absolute atomic E-state index is 0.0159. The number of carbonyl (C=O) groups is 1. The molecular weight excluding hydrogens is 316 g/mol. The summed E-state index contributed by atoms with van der Waals surface area (Å²) in [5.41, 5.74) is 3.98. The maximum Gasteiger partial charge on any atom is 0.200 e. The fourth-order valence-corrected chi connectivity index (χ4v) is 2.27. The van der Waals surface area contributed by atoms with E-state index in [4.69, 9.17) is 4.74 Å². The van der Waals surface area contributed by atoms with Crippen molar-refractivity contribution in [2.45, 2.75) is 20.8 Å². The predicted octanol–water partition coefficient (Wildman–Crippen LogP) is 4.64. The van der Waals surface area contributed by atoms with Crippen molar-refractivity contribution in [2.75, 3.05) is 6.61 Å². The summed E-state index contributed by atoms with van der Waals surface area (Å²) in [6.45, 7) is 6.11. The lowest BCUT2D eigenvalue weighted by atomic mass is 10.1. The zero-order valence-corrected chi connectivity index (χ0v) is 13.5. The standard InChI is InChI=1S/C17H17BrO2/c1-11-4-5-12(2)17(13(11)3)20-10-16(19)14-6-8-15(18)9-7-14/h4-9H,10H2,1-3H3. The Hall–Kier alpha value is -1.61. The van der Waals surface area contributed by atoms with Gasteiger partial charge in [0.15, 0.2) is 12.4 Å². The van der Waals surface area contributed by atoms with Crippen LogP contribution >= 0.6 is 15.9 Å². The molecule has 2 aromatic carbocycles. The van der Waals surface area contributed by atoms with E-state index in [0.29, 0.717) is 5.56 Å². The maximum atomic E-state index is 12.1. The Labute approximate surface area is 127 Å². The van der Waals surface area contributed by atoms with E-state index in [9.17, 15) is 4.79 Å². The van der Waals surface area contributed by atoms with E-state index in [1.54, 1.807) is 12.1 Å². The molecule has 3 heteroatoms. The molecule has 2 aromatic rings. The number of rotatable bonds is 4. The third kappa shape index (κ3) is 3.28. The monoisotopic (exact) mass is 332 g/mol. The van der Waals surface area contributed by atoms with Crippen LogP contribution in [0.3, 0.4) is 0 Å². The van der Waals surface area contributed by atoms with Gasteiger partial charge in [0.25, 0.3) is 0 Å². The molecule has 2 rings (SSSR count). The number of ketones is 1. The van der Waals surface area contributed by atoms with Crippen molar-refractivity contribution in [1.82, 2.24) is 0 Å². The van der Waals surface area contributed by atoms with Gasteiger partial charge in [-0.3, -0.25) is 4.79 Å². The summed E-state index contributed by atoms with van der Waals surface area (Å²) in [5, 5.41) is 0. The summed E-state index contributed by atoms with van der Waals surface area (Å²) in [6.07, 6.45) is 0. The van der Waals surface area contributed by atoms with Gasteiger partial charge in [-0.25, -0.2) is 0 Å². The highest BCUT2D eigenvalue weighted by atomic mass is 79.9. The van der Waals surface area contributed by atoms with E-state index in [1.807, 2.05) is 39.0 Å². The number of Topliss-reactive ketones (excluding diaryl/α,β-unsaturated/α-hetero) is 1. The highest BCUT2D eigenvalue weighted by Gasteiger charge is 2.10. The quantitative estimate of drug-likeness (QED) is 0.762. The molecular formula is C17H17BrO2. The normalized spacial score (nSPS) is 10.4. The van der Waals surface area contributed by atoms with Crippen molar-refractivity contribution >= 4 is 21.7 Å². The molecule has 0 unspecified atom stereocenters. The third-order valence-corrected chi connectivity index (χ3v) is 3.92. The van der Waals surface area contributed by atoms with Crippen LogP contribution in [0.5, 0.6) is 5.75 Å². The first-order valence-corrected chi connectivity index (χ1v) is 7.26. The van der Waals surface area contributed by atoms with Crippen LogP contribution in [0.4, 0.5) is 0 Å². The Morgan fingerprint density at radius 1 is 1.00 bits per heavy atom. The van der Waals surface area contributed by atoms with Crippen molar-refractivity contribution in [3.05, 3.63) is 63.1 Å². The minimum Gasteiger partial charge on any atom is -0.485 e. The van der Waals surface area contributed by atoms with Crippen LogP contribution in [0.15, 0.2) is 40.9 Å². The van der Waals surface area contributed by atoms with E-state index in [0.717, 1.165) is 21.3 Å². The van der Waals surface area contributed by atoms with Crippen LogP contribution in [0, 0.1) is 20.8 Å². The van der Waals surface area contributed by atoms with E-state index in [1.165, 1.54) is 5.56 Å². The lowest BCUT2D eigenvalue weighted by Crippen LogP contribution is -2.12. The summed E-state index contributed by atoms with van der Waals surface area (Å²) >= 11 is 3.35. The molecule has 0 saturated carbocycles. The zero-order valence-electron chi connectivity index (χ0n) is 11.9. The predicted molar refractivity (Wildman–Crippen MR) is 84.6 cm³/mol. The average Bonchev–Trinajstić information content (AvgIpc) is 2.43. The molecule has 0 saturated heterocycles.